The maximum absolute atomic E-state index is 13.7. The molecule has 7 heteroatoms. The minimum atomic E-state index is -4.13. The van der Waals surface area contributed by atoms with E-state index in [0.29, 0.717) is 17.1 Å². The number of rotatable bonds is 2. The van der Waals surface area contributed by atoms with Crippen molar-refractivity contribution < 1.29 is 17.2 Å². The quantitative estimate of drug-likeness (QED) is 0.730. The molecule has 0 spiro atoms. The maximum atomic E-state index is 13.7. The molecule has 4 nitrogen and oxygen atoms in total. The van der Waals surface area contributed by atoms with E-state index in [0.717, 1.165) is 16.1 Å². The number of pyridine rings is 1. The third kappa shape index (κ3) is 1.87. The van der Waals surface area contributed by atoms with Crippen molar-refractivity contribution in [1.82, 2.24) is 8.96 Å². The Balaban J connectivity index is 2.26. The van der Waals surface area contributed by atoms with Crippen molar-refractivity contribution in [1.29, 1.82) is 0 Å². The molecule has 20 heavy (non-hydrogen) atoms. The van der Waals surface area contributed by atoms with Crippen LogP contribution in [0.15, 0.2) is 53.7 Å². The Morgan fingerprint density at radius 2 is 1.90 bits per heavy atom. The fourth-order valence-electron chi connectivity index (χ4n) is 1.94. The average Bonchev–Trinajstić information content (AvgIpc) is 2.82. The van der Waals surface area contributed by atoms with Crippen molar-refractivity contribution in [2.75, 3.05) is 0 Å². The van der Waals surface area contributed by atoms with Crippen LogP contribution in [0.4, 0.5) is 8.78 Å². The Labute approximate surface area is 113 Å². The van der Waals surface area contributed by atoms with E-state index in [1.165, 1.54) is 18.5 Å². The lowest BCUT2D eigenvalue weighted by atomic mass is 10.3. The first-order valence-electron chi connectivity index (χ1n) is 5.63. The van der Waals surface area contributed by atoms with E-state index in [2.05, 4.69) is 4.98 Å². The molecule has 2 aromatic heterocycles. The third-order valence-electron chi connectivity index (χ3n) is 2.85. The average molecular weight is 294 g/mol. The van der Waals surface area contributed by atoms with Gasteiger partial charge in [-0.15, -0.1) is 0 Å². The van der Waals surface area contributed by atoms with E-state index in [1.54, 1.807) is 12.1 Å². The number of hydrogen-bond donors (Lipinski definition) is 0. The Bertz CT molecular complexity index is 904. The molecule has 0 radical (unpaired) electrons. The Kier molecular flexibility index (Phi) is 2.79. The van der Waals surface area contributed by atoms with Gasteiger partial charge in [0.1, 0.15) is 16.5 Å². The number of fused-ring (bicyclic) bond motifs is 1. The van der Waals surface area contributed by atoms with Gasteiger partial charge in [0.05, 0.1) is 11.0 Å². The van der Waals surface area contributed by atoms with Crippen molar-refractivity contribution >= 4 is 21.1 Å². The molecule has 0 amide bonds. The standard InChI is InChI=1S/C13H8F2N2O2S/c14-9-3-4-13(10(15)8-9)20(18,19)17-7-5-11-12(17)2-1-6-16-11/h1-8H. The second kappa shape index (κ2) is 4.38. The van der Waals surface area contributed by atoms with Gasteiger partial charge in [-0.05, 0) is 30.3 Å². The van der Waals surface area contributed by atoms with Crippen molar-refractivity contribution in [3.05, 3.63) is 60.4 Å². The highest BCUT2D eigenvalue weighted by Crippen LogP contribution is 2.23. The summed E-state index contributed by atoms with van der Waals surface area (Å²) in [6.45, 7) is 0. The molecule has 1 aromatic carbocycles. The minimum Gasteiger partial charge on any atom is -0.255 e. The number of halogens is 2. The second-order valence-corrected chi connectivity index (χ2v) is 5.88. The molecule has 102 valence electrons. The normalized spacial score (nSPS) is 11.9. The molecule has 3 rings (SSSR count). The molecular formula is C13H8F2N2O2S. The molecule has 0 unspecified atom stereocenters. The molecule has 0 saturated carbocycles. The van der Waals surface area contributed by atoms with Crippen LogP contribution in [0.5, 0.6) is 0 Å². The van der Waals surface area contributed by atoms with E-state index in [-0.39, 0.29) is 0 Å². The van der Waals surface area contributed by atoms with Gasteiger partial charge in [0.15, 0.2) is 0 Å². The predicted octanol–water partition coefficient (Wildman–Crippen LogP) is 2.55. The maximum Gasteiger partial charge on any atom is 0.271 e. The molecular weight excluding hydrogens is 286 g/mol. The number of nitrogens with zero attached hydrogens (tertiary/aromatic N) is 2. The van der Waals surface area contributed by atoms with Crippen LogP contribution >= 0.6 is 0 Å². The summed E-state index contributed by atoms with van der Waals surface area (Å²) in [4.78, 5) is 3.42. The fraction of sp³-hybridized carbons (Fsp3) is 0. The zero-order valence-electron chi connectivity index (χ0n) is 9.99. The molecule has 0 aliphatic rings. The molecule has 0 atom stereocenters. The molecule has 0 aliphatic carbocycles. The largest absolute Gasteiger partial charge is 0.271 e. The summed E-state index contributed by atoms with van der Waals surface area (Å²) in [5, 5.41) is 0. The lowest BCUT2D eigenvalue weighted by Gasteiger charge is -2.08. The van der Waals surface area contributed by atoms with Crippen molar-refractivity contribution in [2.45, 2.75) is 4.90 Å². The molecule has 0 aliphatic heterocycles. The summed E-state index contributed by atoms with van der Waals surface area (Å²) in [6.07, 6.45) is 2.81. The van der Waals surface area contributed by atoms with E-state index < -0.39 is 26.6 Å². The lowest BCUT2D eigenvalue weighted by molar-refractivity contribution is 0.546. The minimum absolute atomic E-state index is 0.330. The van der Waals surface area contributed by atoms with Gasteiger partial charge < -0.3 is 0 Å². The highest BCUT2D eigenvalue weighted by molar-refractivity contribution is 7.90. The lowest BCUT2D eigenvalue weighted by Crippen LogP contribution is -2.13. The zero-order valence-corrected chi connectivity index (χ0v) is 10.8. The molecule has 0 N–H and O–H groups in total. The van der Waals surface area contributed by atoms with Crippen LogP contribution < -0.4 is 0 Å². The second-order valence-electron chi connectivity index (χ2n) is 4.10. The monoisotopic (exact) mass is 294 g/mol. The summed E-state index contributed by atoms with van der Waals surface area (Å²) >= 11 is 0. The van der Waals surface area contributed by atoms with Gasteiger partial charge in [-0.1, -0.05) is 0 Å². The van der Waals surface area contributed by atoms with Crippen molar-refractivity contribution in [3.63, 3.8) is 0 Å². The zero-order chi connectivity index (χ0) is 14.3. The van der Waals surface area contributed by atoms with Gasteiger partial charge in [-0.25, -0.2) is 21.2 Å². The first-order chi connectivity index (χ1) is 9.50. The van der Waals surface area contributed by atoms with Crippen molar-refractivity contribution in [2.24, 2.45) is 0 Å². The number of aromatic nitrogens is 2. The highest BCUT2D eigenvalue weighted by atomic mass is 32.2. The van der Waals surface area contributed by atoms with E-state index in [9.17, 15) is 17.2 Å². The highest BCUT2D eigenvalue weighted by Gasteiger charge is 2.23. The van der Waals surface area contributed by atoms with Crippen LogP contribution in [0.2, 0.25) is 0 Å². The van der Waals surface area contributed by atoms with Crippen LogP contribution in [0, 0.1) is 11.6 Å². The topological polar surface area (TPSA) is 52.0 Å². The van der Waals surface area contributed by atoms with Gasteiger partial charge >= 0.3 is 0 Å². The summed E-state index contributed by atoms with van der Waals surface area (Å²) in [6, 6.07) is 6.99. The summed E-state index contributed by atoms with van der Waals surface area (Å²) in [5.74, 6) is -1.96. The van der Waals surface area contributed by atoms with Crippen LogP contribution in [0.25, 0.3) is 11.0 Å². The predicted molar refractivity (Wildman–Crippen MR) is 68.7 cm³/mol. The Morgan fingerprint density at radius 3 is 2.65 bits per heavy atom. The molecule has 3 aromatic rings. The summed E-state index contributed by atoms with van der Waals surface area (Å²) in [7, 11) is -4.13. The van der Waals surface area contributed by atoms with Gasteiger partial charge in [-0.2, -0.15) is 0 Å². The molecule has 0 fully saturated rings. The van der Waals surface area contributed by atoms with Crippen molar-refractivity contribution in [3.8, 4) is 0 Å². The van der Waals surface area contributed by atoms with Gasteiger partial charge in [0.25, 0.3) is 10.0 Å². The van der Waals surface area contributed by atoms with Crippen LogP contribution in [-0.4, -0.2) is 17.4 Å². The fourth-order valence-corrected chi connectivity index (χ4v) is 3.33. The first-order valence-corrected chi connectivity index (χ1v) is 7.07. The van der Waals surface area contributed by atoms with Crippen LogP contribution in [0.3, 0.4) is 0 Å². The summed E-state index contributed by atoms with van der Waals surface area (Å²) in [5.41, 5.74) is 0.801. The Hall–Kier alpha value is -2.28. The van der Waals surface area contributed by atoms with Gasteiger partial charge in [0.2, 0.25) is 0 Å². The summed E-state index contributed by atoms with van der Waals surface area (Å²) < 4.78 is 52.3. The number of hydrogen-bond acceptors (Lipinski definition) is 3. The third-order valence-corrected chi connectivity index (χ3v) is 4.58. The first kappa shape index (κ1) is 12.7. The smallest absolute Gasteiger partial charge is 0.255 e. The van der Waals surface area contributed by atoms with Crippen LogP contribution in [0.1, 0.15) is 0 Å². The van der Waals surface area contributed by atoms with E-state index >= 15 is 0 Å². The SMILES string of the molecule is O=S(=O)(c1ccc(F)cc1F)n1ccc2ncccc21. The van der Waals surface area contributed by atoms with Crippen LogP contribution in [-0.2, 0) is 10.0 Å². The molecule has 0 bridgehead atoms. The molecule has 2 heterocycles. The van der Waals surface area contributed by atoms with Gasteiger partial charge in [0, 0.05) is 18.5 Å². The Morgan fingerprint density at radius 1 is 1.10 bits per heavy atom. The molecule has 0 saturated heterocycles. The number of benzene rings is 1. The van der Waals surface area contributed by atoms with Gasteiger partial charge in [-0.3, -0.25) is 4.98 Å². The van der Waals surface area contributed by atoms with E-state index in [4.69, 9.17) is 0 Å². The van der Waals surface area contributed by atoms with E-state index in [1.807, 2.05) is 0 Å².